The molecule has 6 nitrogen and oxygen atoms in total. The van der Waals surface area contributed by atoms with Crippen molar-refractivity contribution < 1.29 is 9.47 Å². The van der Waals surface area contributed by atoms with Gasteiger partial charge in [0.1, 0.15) is 5.82 Å². The molecule has 0 aromatic carbocycles. The third-order valence-corrected chi connectivity index (χ3v) is 4.10. The number of pyridine rings is 1. The molecule has 1 fully saturated rings. The average Bonchev–Trinajstić information content (AvgIpc) is 2.99. The normalized spacial score (nSPS) is 16.5. The maximum absolute atomic E-state index is 5.62. The smallest absolute Gasteiger partial charge is 0.167 e. The number of aromatic nitrogens is 3. The van der Waals surface area contributed by atoms with Crippen molar-refractivity contribution in [2.75, 3.05) is 25.1 Å². The second-order valence-corrected chi connectivity index (χ2v) is 5.85. The molecule has 1 N–H and O–H groups in total. The molecule has 23 heavy (non-hydrogen) atoms. The van der Waals surface area contributed by atoms with Gasteiger partial charge in [0.2, 0.25) is 0 Å². The minimum absolute atomic E-state index is 0.489. The molecule has 1 aliphatic rings. The van der Waals surface area contributed by atoms with Gasteiger partial charge < -0.3 is 14.8 Å². The van der Waals surface area contributed by atoms with Gasteiger partial charge in [-0.25, -0.2) is 9.97 Å². The van der Waals surface area contributed by atoms with Gasteiger partial charge in [-0.05, 0) is 32.9 Å². The van der Waals surface area contributed by atoms with Crippen LogP contribution >= 0.6 is 0 Å². The van der Waals surface area contributed by atoms with Crippen LogP contribution in [0.15, 0.2) is 24.5 Å². The van der Waals surface area contributed by atoms with Crippen molar-refractivity contribution in [1.29, 1.82) is 0 Å². The Hall–Kier alpha value is -2.05. The van der Waals surface area contributed by atoms with E-state index in [9.17, 15) is 0 Å². The fraction of sp³-hybridized carbons (Fsp3) is 0.471. The van der Waals surface area contributed by atoms with Gasteiger partial charge >= 0.3 is 0 Å². The fourth-order valence-electron chi connectivity index (χ4n) is 2.54. The maximum Gasteiger partial charge on any atom is 0.167 e. The molecule has 122 valence electrons. The molecule has 0 aliphatic carbocycles. The van der Waals surface area contributed by atoms with E-state index < -0.39 is 5.79 Å². The van der Waals surface area contributed by atoms with E-state index in [0.717, 1.165) is 35.6 Å². The Kier molecular flexibility index (Phi) is 4.54. The zero-order chi connectivity index (χ0) is 16.3. The van der Waals surface area contributed by atoms with Crippen molar-refractivity contribution in [3.8, 4) is 11.4 Å². The summed E-state index contributed by atoms with van der Waals surface area (Å²) < 4.78 is 11.2. The van der Waals surface area contributed by atoms with Gasteiger partial charge in [0.25, 0.3) is 0 Å². The quantitative estimate of drug-likeness (QED) is 0.915. The van der Waals surface area contributed by atoms with Gasteiger partial charge in [-0.1, -0.05) is 0 Å². The number of rotatable bonds is 5. The second-order valence-electron chi connectivity index (χ2n) is 5.85. The highest BCUT2D eigenvalue weighted by Gasteiger charge is 2.30. The van der Waals surface area contributed by atoms with Crippen molar-refractivity contribution in [3.05, 3.63) is 35.8 Å². The first kappa shape index (κ1) is 15.8. The van der Waals surface area contributed by atoms with Crippen molar-refractivity contribution in [3.63, 3.8) is 0 Å². The zero-order valence-electron chi connectivity index (χ0n) is 13.8. The highest BCUT2D eigenvalue weighted by Crippen LogP contribution is 2.24. The molecule has 2 aromatic heterocycles. The monoisotopic (exact) mass is 314 g/mol. The fourth-order valence-corrected chi connectivity index (χ4v) is 2.54. The van der Waals surface area contributed by atoms with E-state index in [1.165, 1.54) is 0 Å². The topological polar surface area (TPSA) is 69.2 Å². The average molecular weight is 314 g/mol. The van der Waals surface area contributed by atoms with Crippen LogP contribution in [0.5, 0.6) is 0 Å². The lowest BCUT2D eigenvalue weighted by atomic mass is 10.2. The summed E-state index contributed by atoms with van der Waals surface area (Å²) in [5.74, 6) is 1.07. The van der Waals surface area contributed by atoms with Gasteiger partial charge in [-0.3, -0.25) is 4.98 Å². The molecule has 3 rings (SSSR count). The molecular formula is C17H22N4O2. The standard InChI is InChI=1S/C17H22N4O2/c1-12-13(2)20-16(14-4-7-18-8-5-14)21-15(12)19-9-6-17(3)22-10-11-23-17/h4-5,7-8H,6,9-11H2,1-3H3,(H,19,20,21). The predicted octanol–water partition coefficient (Wildman–Crippen LogP) is 2.72. The van der Waals surface area contributed by atoms with Gasteiger partial charge in [-0.2, -0.15) is 0 Å². The lowest BCUT2D eigenvalue weighted by molar-refractivity contribution is -0.144. The summed E-state index contributed by atoms with van der Waals surface area (Å²) in [7, 11) is 0. The Bertz CT molecular complexity index is 670. The van der Waals surface area contributed by atoms with E-state index in [4.69, 9.17) is 9.47 Å². The molecule has 2 aromatic rings. The minimum atomic E-state index is -0.489. The van der Waals surface area contributed by atoms with Crippen LogP contribution in [0.2, 0.25) is 0 Å². The van der Waals surface area contributed by atoms with Crippen LogP contribution in [0.4, 0.5) is 5.82 Å². The zero-order valence-corrected chi connectivity index (χ0v) is 13.8. The molecule has 3 heterocycles. The molecule has 0 saturated carbocycles. The number of anilines is 1. The molecule has 0 bridgehead atoms. The van der Waals surface area contributed by atoms with Crippen molar-refractivity contribution in [2.45, 2.75) is 33.0 Å². The molecule has 1 saturated heterocycles. The van der Waals surface area contributed by atoms with Crippen molar-refractivity contribution >= 4 is 5.82 Å². The third kappa shape index (κ3) is 3.65. The predicted molar refractivity (Wildman–Crippen MR) is 88.2 cm³/mol. The highest BCUT2D eigenvalue weighted by atomic mass is 16.7. The Morgan fingerprint density at radius 2 is 1.83 bits per heavy atom. The molecule has 6 heteroatoms. The van der Waals surface area contributed by atoms with Crippen LogP contribution in [-0.4, -0.2) is 40.5 Å². The van der Waals surface area contributed by atoms with E-state index in [0.29, 0.717) is 19.0 Å². The van der Waals surface area contributed by atoms with Crippen LogP contribution in [0.25, 0.3) is 11.4 Å². The first-order chi connectivity index (χ1) is 11.1. The lowest BCUT2D eigenvalue weighted by Gasteiger charge is -2.22. The maximum atomic E-state index is 5.62. The van der Waals surface area contributed by atoms with Crippen molar-refractivity contribution in [1.82, 2.24) is 15.0 Å². The van der Waals surface area contributed by atoms with Gasteiger partial charge in [0.05, 0.1) is 13.2 Å². The van der Waals surface area contributed by atoms with Crippen LogP contribution in [-0.2, 0) is 9.47 Å². The summed E-state index contributed by atoms with van der Waals surface area (Å²) in [6.45, 7) is 8.05. The molecule has 1 aliphatic heterocycles. The van der Waals surface area contributed by atoms with E-state index in [1.54, 1.807) is 12.4 Å². The van der Waals surface area contributed by atoms with Gasteiger partial charge in [-0.15, -0.1) is 0 Å². The van der Waals surface area contributed by atoms with E-state index in [-0.39, 0.29) is 0 Å². The van der Waals surface area contributed by atoms with Crippen LogP contribution in [0.1, 0.15) is 24.6 Å². The highest BCUT2D eigenvalue weighted by molar-refractivity contribution is 5.59. The van der Waals surface area contributed by atoms with Gasteiger partial charge in [0, 0.05) is 42.2 Å². The summed E-state index contributed by atoms with van der Waals surface area (Å²) in [5, 5.41) is 3.39. The summed E-state index contributed by atoms with van der Waals surface area (Å²) >= 11 is 0. The summed E-state index contributed by atoms with van der Waals surface area (Å²) in [4.78, 5) is 13.3. The van der Waals surface area contributed by atoms with E-state index in [2.05, 4.69) is 20.3 Å². The summed E-state index contributed by atoms with van der Waals surface area (Å²) in [6, 6.07) is 3.82. The van der Waals surface area contributed by atoms with Crippen LogP contribution in [0.3, 0.4) is 0 Å². The van der Waals surface area contributed by atoms with Crippen molar-refractivity contribution in [2.24, 2.45) is 0 Å². The SMILES string of the molecule is Cc1nc(-c2ccncc2)nc(NCCC2(C)OCCO2)c1C. The molecule has 0 unspecified atom stereocenters. The summed E-state index contributed by atoms with van der Waals surface area (Å²) in [5.41, 5.74) is 2.98. The Morgan fingerprint density at radius 1 is 1.13 bits per heavy atom. The third-order valence-electron chi connectivity index (χ3n) is 4.10. The number of hydrogen-bond acceptors (Lipinski definition) is 6. The van der Waals surface area contributed by atoms with E-state index in [1.807, 2.05) is 32.9 Å². The number of nitrogens with one attached hydrogen (secondary N) is 1. The number of aryl methyl sites for hydroxylation is 1. The number of nitrogens with zero attached hydrogens (tertiary/aromatic N) is 3. The molecule has 0 radical (unpaired) electrons. The summed E-state index contributed by atoms with van der Waals surface area (Å²) in [6.07, 6.45) is 4.26. The van der Waals surface area contributed by atoms with Crippen LogP contribution in [0, 0.1) is 13.8 Å². The Labute approximate surface area is 136 Å². The second kappa shape index (κ2) is 6.60. The Morgan fingerprint density at radius 3 is 2.52 bits per heavy atom. The molecular weight excluding hydrogens is 292 g/mol. The minimum Gasteiger partial charge on any atom is -0.370 e. The van der Waals surface area contributed by atoms with Crippen LogP contribution < -0.4 is 5.32 Å². The number of hydrogen-bond donors (Lipinski definition) is 1. The molecule has 0 atom stereocenters. The largest absolute Gasteiger partial charge is 0.370 e. The first-order valence-corrected chi connectivity index (χ1v) is 7.85. The van der Waals surface area contributed by atoms with E-state index >= 15 is 0 Å². The lowest BCUT2D eigenvalue weighted by Crippen LogP contribution is -2.28. The van der Waals surface area contributed by atoms with Gasteiger partial charge in [0.15, 0.2) is 11.6 Å². The Balaban J connectivity index is 1.75. The molecule has 0 spiro atoms. The molecule has 0 amide bonds. The number of ether oxygens (including phenoxy) is 2. The first-order valence-electron chi connectivity index (χ1n) is 7.85.